The maximum atomic E-state index is 10.2. The van der Waals surface area contributed by atoms with Crippen molar-refractivity contribution >= 4 is 23.2 Å². The number of aliphatic hydroxyl groups is 1. The lowest BCUT2D eigenvalue weighted by Crippen LogP contribution is -2.48. The lowest BCUT2D eigenvalue weighted by atomic mass is 10.2. The van der Waals surface area contributed by atoms with Crippen LogP contribution in [0.2, 0.25) is 10.0 Å². The van der Waals surface area contributed by atoms with E-state index in [-0.39, 0.29) is 6.61 Å². The molecule has 140 valence electrons. The molecule has 0 aromatic heterocycles. The smallest absolute Gasteiger partial charge is 0.119 e. The summed E-state index contributed by atoms with van der Waals surface area (Å²) in [5.41, 5.74) is 1.24. The number of hydrogen-bond donors (Lipinski definition) is 1. The Hall–Kier alpha value is -1.30. The second-order valence-electron chi connectivity index (χ2n) is 6.63. The molecule has 0 radical (unpaired) electrons. The molecule has 0 unspecified atom stereocenters. The fraction of sp³-hybridized carbons (Fsp3) is 0.400. The summed E-state index contributed by atoms with van der Waals surface area (Å²) in [5.74, 6) is 0.722. The molecule has 1 aliphatic rings. The van der Waals surface area contributed by atoms with Crippen molar-refractivity contribution < 1.29 is 9.84 Å². The quantitative estimate of drug-likeness (QED) is 0.778. The number of halogens is 2. The number of piperazine rings is 1. The molecule has 1 heterocycles. The van der Waals surface area contributed by atoms with E-state index in [0.29, 0.717) is 11.6 Å². The lowest BCUT2D eigenvalue weighted by molar-refractivity contribution is 0.0446. The molecular weight excluding hydrogens is 371 g/mol. The summed E-state index contributed by atoms with van der Waals surface area (Å²) in [7, 11) is 0. The van der Waals surface area contributed by atoms with Crippen LogP contribution in [0.1, 0.15) is 5.56 Å². The van der Waals surface area contributed by atoms with Crippen LogP contribution >= 0.6 is 23.2 Å². The van der Waals surface area contributed by atoms with Crippen LogP contribution in [0.5, 0.6) is 5.75 Å². The van der Waals surface area contributed by atoms with Gasteiger partial charge in [-0.15, -0.1) is 0 Å². The summed E-state index contributed by atoms with van der Waals surface area (Å²) in [5, 5.41) is 11.7. The molecule has 0 amide bonds. The van der Waals surface area contributed by atoms with Gasteiger partial charge in [0.2, 0.25) is 0 Å². The van der Waals surface area contributed by atoms with E-state index < -0.39 is 6.10 Å². The molecule has 0 aliphatic carbocycles. The van der Waals surface area contributed by atoms with E-state index in [0.717, 1.165) is 43.5 Å². The fourth-order valence-electron chi connectivity index (χ4n) is 3.10. The van der Waals surface area contributed by atoms with Gasteiger partial charge in [-0.3, -0.25) is 9.80 Å². The Kier molecular flexibility index (Phi) is 7.17. The van der Waals surface area contributed by atoms with Gasteiger partial charge in [0.1, 0.15) is 18.5 Å². The molecule has 4 nitrogen and oxygen atoms in total. The molecule has 0 spiro atoms. The van der Waals surface area contributed by atoms with Crippen LogP contribution in [0, 0.1) is 0 Å². The Morgan fingerprint density at radius 2 is 1.62 bits per heavy atom. The molecule has 1 saturated heterocycles. The van der Waals surface area contributed by atoms with Crippen molar-refractivity contribution in [3.05, 3.63) is 64.1 Å². The molecule has 0 saturated carbocycles. The average Bonchev–Trinajstić information content (AvgIpc) is 2.63. The van der Waals surface area contributed by atoms with Gasteiger partial charge in [0.05, 0.1) is 0 Å². The molecule has 2 aromatic rings. The Labute approximate surface area is 164 Å². The number of nitrogens with zero attached hydrogens (tertiary/aromatic N) is 2. The Morgan fingerprint density at radius 3 is 2.31 bits per heavy atom. The van der Waals surface area contributed by atoms with Gasteiger partial charge in [0.15, 0.2) is 0 Å². The number of aliphatic hydroxyl groups excluding tert-OH is 1. The highest BCUT2D eigenvalue weighted by atomic mass is 35.5. The zero-order valence-corrected chi connectivity index (χ0v) is 16.2. The van der Waals surface area contributed by atoms with Gasteiger partial charge in [-0.25, -0.2) is 0 Å². The minimum absolute atomic E-state index is 0.282. The molecule has 6 heteroatoms. The van der Waals surface area contributed by atoms with Crippen molar-refractivity contribution in [2.24, 2.45) is 0 Å². The van der Waals surface area contributed by atoms with Gasteiger partial charge in [0.25, 0.3) is 0 Å². The first-order valence-corrected chi connectivity index (χ1v) is 9.60. The third-order valence-electron chi connectivity index (χ3n) is 4.49. The minimum atomic E-state index is -0.509. The van der Waals surface area contributed by atoms with Crippen LogP contribution in [-0.2, 0) is 6.54 Å². The van der Waals surface area contributed by atoms with Crippen LogP contribution in [-0.4, -0.2) is 60.3 Å². The highest BCUT2D eigenvalue weighted by Crippen LogP contribution is 2.16. The highest BCUT2D eigenvalue weighted by molar-refractivity contribution is 6.30. The zero-order valence-electron chi connectivity index (χ0n) is 14.7. The van der Waals surface area contributed by atoms with Crippen LogP contribution in [0.15, 0.2) is 48.5 Å². The number of rotatable bonds is 7. The monoisotopic (exact) mass is 394 g/mol. The van der Waals surface area contributed by atoms with Gasteiger partial charge in [-0.1, -0.05) is 35.3 Å². The fourth-order valence-corrected chi connectivity index (χ4v) is 3.44. The molecular formula is C20H24Cl2N2O2. The second kappa shape index (κ2) is 9.58. The van der Waals surface area contributed by atoms with Crippen molar-refractivity contribution in [2.45, 2.75) is 12.6 Å². The third-order valence-corrected chi connectivity index (χ3v) is 4.97. The van der Waals surface area contributed by atoms with Crippen LogP contribution in [0.3, 0.4) is 0 Å². The third kappa shape index (κ3) is 6.15. The van der Waals surface area contributed by atoms with Gasteiger partial charge >= 0.3 is 0 Å². The number of β-amino-alcohol motifs (C(OH)–C–C–N with tert-alkyl or cyclic N) is 1. The van der Waals surface area contributed by atoms with Crippen LogP contribution in [0.25, 0.3) is 0 Å². The van der Waals surface area contributed by atoms with Gasteiger partial charge < -0.3 is 9.84 Å². The summed E-state index contributed by atoms with van der Waals surface area (Å²) >= 11 is 11.9. The number of hydrogen-bond acceptors (Lipinski definition) is 4. The number of benzene rings is 2. The molecule has 1 aliphatic heterocycles. The molecule has 1 atom stereocenters. The topological polar surface area (TPSA) is 35.9 Å². The first kappa shape index (κ1) is 19.5. The predicted molar refractivity (Wildman–Crippen MR) is 106 cm³/mol. The SMILES string of the molecule is O[C@H](COc1ccc(Cl)cc1)CN1CCN(Cc2cccc(Cl)c2)CC1. The van der Waals surface area contributed by atoms with Gasteiger partial charge in [-0.05, 0) is 42.0 Å². The van der Waals surface area contributed by atoms with E-state index in [4.69, 9.17) is 27.9 Å². The maximum Gasteiger partial charge on any atom is 0.119 e. The zero-order chi connectivity index (χ0) is 18.4. The number of ether oxygens (including phenoxy) is 1. The van der Waals surface area contributed by atoms with Crippen molar-refractivity contribution in [2.75, 3.05) is 39.3 Å². The normalized spacial score (nSPS) is 17.2. The average molecular weight is 395 g/mol. The summed E-state index contributed by atoms with van der Waals surface area (Å²) < 4.78 is 5.62. The van der Waals surface area contributed by atoms with Gasteiger partial charge in [0, 0.05) is 49.3 Å². The van der Waals surface area contributed by atoms with Crippen molar-refractivity contribution in [3.8, 4) is 5.75 Å². The van der Waals surface area contributed by atoms with Crippen molar-refractivity contribution in [1.82, 2.24) is 9.80 Å². The van der Waals surface area contributed by atoms with E-state index in [1.54, 1.807) is 12.1 Å². The molecule has 26 heavy (non-hydrogen) atoms. The summed E-state index contributed by atoms with van der Waals surface area (Å²) in [6.07, 6.45) is -0.509. The van der Waals surface area contributed by atoms with E-state index >= 15 is 0 Å². The molecule has 1 N–H and O–H groups in total. The lowest BCUT2D eigenvalue weighted by Gasteiger charge is -2.35. The summed E-state index contributed by atoms with van der Waals surface area (Å²) in [4.78, 5) is 4.70. The first-order valence-electron chi connectivity index (χ1n) is 8.84. The van der Waals surface area contributed by atoms with E-state index in [2.05, 4.69) is 15.9 Å². The highest BCUT2D eigenvalue weighted by Gasteiger charge is 2.19. The van der Waals surface area contributed by atoms with Gasteiger partial charge in [-0.2, -0.15) is 0 Å². The van der Waals surface area contributed by atoms with Crippen LogP contribution < -0.4 is 4.74 Å². The maximum absolute atomic E-state index is 10.2. The molecule has 3 rings (SSSR count). The standard InChI is InChI=1S/C20H24Cl2N2O2/c21-17-4-6-20(7-5-17)26-15-19(25)14-24-10-8-23(9-11-24)13-16-2-1-3-18(22)12-16/h1-7,12,19,25H,8-11,13-15H2/t19-/m0/s1. The second-order valence-corrected chi connectivity index (χ2v) is 7.50. The van der Waals surface area contributed by atoms with E-state index in [1.165, 1.54) is 5.56 Å². The molecule has 2 aromatic carbocycles. The Balaban J connectivity index is 1.37. The molecule has 0 bridgehead atoms. The van der Waals surface area contributed by atoms with Crippen molar-refractivity contribution in [1.29, 1.82) is 0 Å². The largest absolute Gasteiger partial charge is 0.491 e. The van der Waals surface area contributed by atoms with E-state index in [9.17, 15) is 5.11 Å². The van der Waals surface area contributed by atoms with E-state index in [1.807, 2.05) is 30.3 Å². The minimum Gasteiger partial charge on any atom is -0.491 e. The molecule has 1 fully saturated rings. The predicted octanol–water partition coefficient (Wildman–Crippen LogP) is 3.55. The summed E-state index contributed by atoms with van der Waals surface area (Å²) in [6, 6.07) is 15.2. The first-order chi connectivity index (χ1) is 12.6. The summed E-state index contributed by atoms with van der Waals surface area (Å²) in [6.45, 7) is 5.67. The van der Waals surface area contributed by atoms with Crippen LogP contribution in [0.4, 0.5) is 0 Å². The Bertz CT molecular complexity index is 688. The Morgan fingerprint density at radius 1 is 0.923 bits per heavy atom. The van der Waals surface area contributed by atoms with Crippen molar-refractivity contribution in [3.63, 3.8) is 0 Å².